The van der Waals surface area contributed by atoms with Crippen molar-refractivity contribution in [2.45, 2.75) is 25.7 Å². The van der Waals surface area contributed by atoms with Crippen molar-refractivity contribution >= 4 is 22.4 Å². The van der Waals surface area contributed by atoms with Crippen LogP contribution in [-0.4, -0.2) is 30.3 Å². The van der Waals surface area contributed by atoms with E-state index < -0.39 is 0 Å². The first-order valence-corrected chi connectivity index (χ1v) is 9.78. The number of nitrogens with one attached hydrogen (secondary N) is 1. The molecule has 3 rings (SSSR count). The molecule has 7 heteroatoms. The minimum absolute atomic E-state index is 0.0647. The summed E-state index contributed by atoms with van der Waals surface area (Å²) < 4.78 is 10.6. The van der Waals surface area contributed by atoms with Crippen LogP contribution in [0.5, 0.6) is 11.5 Å². The fourth-order valence-electron chi connectivity index (χ4n) is 2.89. The van der Waals surface area contributed by atoms with E-state index in [0.717, 1.165) is 16.1 Å². The Balaban J connectivity index is 1.59. The number of anilines is 1. The van der Waals surface area contributed by atoms with Gasteiger partial charge in [-0.05, 0) is 29.2 Å². The van der Waals surface area contributed by atoms with E-state index in [9.17, 15) is 4.79 Å². The summed E-state index contributed by atoms with van der Waals surface area (Å²) in [5.74, 6) is 1.43. The molecule has 1 heterocycles. The van der Waals surface area contributed by atoms with Crippen molar-refractivity contribution in [1.82, 2.24) is 10.2 Å². The maximum atomic E-state index is 12.3. The number of hydrogen-bond donors (Lipinski definition) is 1. The van der Waals surface area contributed by atoms with Gasteiger partial charge in [-0.1, -0.05) is 54.7 Å². The van der Waals surface area contributed by atoms with E-state index in [-0.39, 0.29) is 11.8 Å². The molecule has 146 valence electrons. The summed E-state index contributed by atoms with van der Waals surface area (Å²) in [5, 5.41) is 12.5. The van der Waals surface area contributed by atoms with Crippen LogP contribution >= 0.6 is 11.3 Å². The Morgan fingerprint density at radius 2 is 1.82 bits per heavy atom. The van der Waals surface area contributed by atoms with Crippen molar-refractivity contribution in [2.24, 2.45) is 0 Å². The van der Waals surface area contributed by atoms with Gasteiger partial charge < -0.3 is 14.8 Å². The number of carbonyl (C=O) groups is 1. The highest BCUT2D eigenvalue weighted by Gasteiger charge is 2.14. The highest BCUT2D eigenvalue weighted by atomic mass is 32.1. The molecule has 6 nitrogen and oxygen atoms in total. The average molecular weight is 398 g/mol. The molecule has 1 aromatic heterocycles. The number of amides is 1. The zero-order valence-electron chi connectivity index (χ0n) is 16.1. The summed E-state index contributed by atoms with van der Waals surface area (Å²) in [4.78, 5) is 12.3. The molecule has 2 aromatic carbocycles. The third-order valence-electron chi connectivity index (χ3n) is 4.38. The van der Waals surface area contributed by atoms with E-state index in [1.807, 2.05) is 55.5 Å². The van der Waals surface area contributed by atoms with E-state index >= 15 is 0 Å². The molecule has 0 saturated carbocycles. The topological polar surface area (TPSA) is 73.3 Å². The fraction of sp³-hybridized carbons (Fsp3) is 0.286. The van der Waals surface area contributed by atoms with Gasteiger partial charge in [0.05, 0.1) is 14.2 Å². The van der Waals surface area contributed by atoms with Crippen molar-refractivity contribution < 1.29 is 14.3 Å². The first-order chi connectivity index (χ1) is 13.6. The van der Waals surface area contributed by atoms with E-state index in [1.165, 1.54) is 11.3 Å². The number of nitrogens with zero attached hydrogens (tertiary/aromatic N) is 2. The highest BCUT2D eigenvalue weighted by molar-refractivity contribution is 7.15. The minimum Gasteiger partial charge on any atom is -0.493 e. The molecular formula is C21H23N3O3S. The molecule has 0 aliphatic heterocycles. The Kier molecular flexibility index (Phi) is 6.60. The molecule has 0 aliphatic carbocycles. The van der Waals surface area contributed by atoms with Gasteiger partial charge in [0.1, 0.15) is 5.01 Å². The van der Waals surface area contributed by atoms with E-state index in [4.69, 9.17) is 9.47 Å². The fourth-order valence-corrected chi connectivity index (χ4v) is 3.68. The molecule has 28 heavy (non-hydrogen) atoms. The highest BCUT2D eigenvalue weighted by Crippen LogP contribution is 2.29. The third-order valence-corrected chi connectivity index (χ3v) is 5.22. The number of methoxy groups -OCH3 is 2. The summed E-state index contributed by atoms with van der Waals surface area (Å²) in [6.07, 6.45) is 1.00. The van der Waals surface area contributed by atoms with Crippen LogP contribution in [0.2, 0.25) is 0 Å². The molecule has 0 aliphatic rings. The molecule has 0 bridgehead atoms. The van der Waals surface area contributed by atoms with Crippen molar-refractivity contribution in [3.05, 3.63) is 64.7 Å². The van der Waals surface area contributed by atoms with Crippen molar-refractivity contribution in [1.29, 1.82) is 0 Å². The summed E-state index contributed by atoms with van der Waals surface area (Å²) in [5.41, 5.74) is 2.17. The quantitative estimate of drug-likeness (QED) is 0.614. The SMILES string of the molecule is COc1ccc(Cc2nnc(NC(=O)CC(C)c3ccccc3)s2)cc1OC. The molecule has 1 atom stereocenters. The molecule has 0 radical (unpaired) electrons. The monoisotopic (exact) mass is 397 g/mol. The molecule has 0 fully saturated rings. The van der Waals surface area contributed by atoms with Crippen LogP contribution in [0.1, 0.15) is 35.4 Å². The number of hydrogen-bond acceptors (Lipinski definition) is 6. The smallest absolute Gasteiger partial charge is 0.226 e. The zero-order chi connectivity index (χ0) is 19.9. The lowest BCUT2D eigenvalue weighted by atomic mass is 9.98. The molecule has 3 aromatic rings. The lowest BCUT2D eigenvalue weighted by Gasteiger charge is -2.10. The Labute approximate surface area is 168 Å². The van der Waals surface area contributed by atoms with Crippen LogP contribution < -0.4 is 14.8 Å². The predicted molar refractivity (Wildman–Crippen MR) is 110 cm³/mol. The van der Waals surface area contributed by atoms with E-state index in [2.05, 4.69) is 15.5 Å². The first-order valence-electron chi connectivity index (χ1n) is 8.97. The second kappa shape index (κ2) is 9.32. The van der Waals surface area contributed by atoms with Gasteiger partial charge >= 0.3 is 0 Å². The first kappa shape index (κ1) is 19.8. The van der Waals surface area contributed by atoms with Gasteiger partial charge in [0.2, 0.25) is 11.0 Å². The van der Waals surface area contributed by atoms with Gasteiger partial charge in [-0.15, -0.1) is 10.2 Å². The van der Waals surface area contributed by atoms with Crippen LogP contribution in [-0.2, 0) is 11.2 Å². The van der Waals surface area contributed by atoms with E-state index in [0.29, 0.717) is 29.5 Å². The van der Waals surface area contributed by atoms with Crippen LogP contribution in [0.4, 0.5) is 5.13 Å². The second-order valence-corrected chi connectivity index (χ2v) is 7.49. The summed E-state index contributed by atoms with van der Waals surface area (Å²) in [6, 6.07) is 15.7. The lowest BCUT2D eigenvalue weighted by Crippen LogP contribution is -2.14. The van der Waals surface area contributed by atoms with Crippen molar-refractivity contribution in [3.63, 3.8) is 0 Å². The maximum absolute atomic E-state index is 12.3. The van der Waals surface area contributed by atoms with Crippen LogP contribution in [0.15, 0.2) is 48.5 Å². The number of benzene rings is 2. The van der Waals surface area contributed by atoms with Gasteiger partial charge in [0.15, 0.2) is 11.5 Å². The van der Waals surface area contributed by atoms with Gasteiger partial charge in [-0.25, -0.2) is 0 Å². The molecule has 0 spiro atoms. The Bertz CT molecular complexity index is 928. The third kappa shape index (κ3) is 5.07. The van der Waals surface area contributed by atoms with Gasteiger partial charge in [-0.2, -0.15) is 0 Å². The Morgan fingerprint density at radius 1 is 1.07 bits per heavy atom. The predicted octanol–water partition coefficient (Wildman–Crippen LogP) is 4.28. The molecule has 1 N–H and O–H groups in total. The number of rotatable bonds is 8. The van der Waals surface area contributed by atoms with Gasteiger partial charge in [0.25, 0.3) is 0 Å². The summed E-state index contributed by atoms with van der Waals surface area (Å²) in [6.45, 7) is 2.04. The van der Waals surface area contributed by atoms with E-state index in [1.54, 1.807) is 14.2 Å². The number of ether oxygens (including phenoxy) is 2. The van der Waals surface area contributed by atoms with Gasteiger partial charge in [-0.3, -0.25) is 4.79 Å². The summed E-state index contributed by atoms with van der Waals surface area (Å²) >= 11 is 1.38. The van der Waals surface area contributed by atoms with Crippen molar-refractivity contribution in [3.8, 4) is 11.5 Å². The van der Waals surface area contributed by atoms with Crippen LogP contribution in [0.3, 0.4) is 0 Å². The number of carbonyl (C=O) groups excluding carboxylic acids is 1. The molecule has 1 unspecified atom stereocenters. The average Bonchev–Trinajstić information content (AvgIpc) is 3.14. The molecular weight excluding hydrogens is 374 g/mol. The standard InChI is InChI=1S/C21H23N3O3S/c1-14(16-7-5-4-6-8-16)11-19(25)22-21-24-23-20(28-21)13-15-9-10-17(26-2)18(12-15)27-3/h4-10,12,14H,11,13H2,1-3H3,(H,22,24,25). The Morgan fingerprint density at radius 3 is 2.54 bits per heavy atom. The largest absolute Gasteiger partial charge is 0.493 e. The summed E-state index contributed by atoms with van der Waals surface area (Å²) in [7, 11) is 3.21. The van der Waals surface area contributed by atoms with Crippen LogP contribution in [0, 0.1) is 0 Å². The maximum Gasteiger partial charge on any atom is 0.226 e. The molecule has 1 amide bonds. The van der Waals surface area contributed by atoms with Crippen molar-refractivity contribution in [2.75, 3.05) is 19.5 Å². The normalized spacial score (nSPS) is 11.7. The number of aromatic nitrogens is 2. The minimum atomic E-state index is -0.0647. The molecule has 0 saturated heterocycles. The lowest BCUT2D eigenvalue weighted by molar-refractivity contribution is -0.116. The van der Waals surface area contributed by atoms with Crippen LogP contribution in [0.25, 0.3) is 0 Å². The Hall–Kier alpha value is -2.93. The second-order valence-electron chi connectivity index (χ2n) is 6.43. The van der Waals surface area contributed by atoms with Gasteiger partial charge in [0, 0.05) is 12.8 Å². The zero-order valence-corrected chi connectivity index (χ0v) is 17.0.